The fourth-order valence-electron chi connectivity index (χ4n) is 1.07. The Morgan fingerprint density at radius 2 is 2.07 bits per heavy atom. The van der Waals surface area contributed by atoms with Gasteiger partial charge in [-0.25, -0.2) is 0 Å². The molecule has 0 aliphatic rings. The number of thioether (sulfide) groups is 1. The molecule has 0 fully saturated rings. The van der Waals surface area contributed by atoms with Gasteiger partial charge in [-0.3, -0.25) is 4.79 Å². The third kappa shape index (κ3) is 3.42. The molecule has 3 heteroatoms. The van der Waals surface area contributed by atoms with Gasteiger partial charge in [-0.2, -0.15) is 0 Å². The molecule has 0 spiro atoms. The van der Waals surface area contributed by atoms with E-state index in [1.165, 1.54) is 0 Å². The molecular weight excluding hydrogens is 194 g/mol. The van der Waals surface area contributed by atoms with Crippen LogP contribution >= 0.6 is 11.8 Å². The summed E-state index contributed by atoms with van der Waals surface area (Å²) in [6.45, 7) is 4.54. The Morgan fingerprint density at radius 3 is 2.64 bits per heavy atom. The van der Waals surface area contributed by atoms with E-state index in [0.717, 1.165) is 4.90 Å². The standard InChI is InChI=1S/C11H15NOS/c1-3-12-11(13)9(2)14-10-7-5-4-6-8-10/h4-9H,3H2,1-2H3,(H,12,13)/t9-/m1/s1. The van der Waals surface area contributed by atoms with E-state index in [1.54, 1.807) is 11.8 Å². The second-order valence-electron chi connectivity index (χ2n) is 2.97. The summed E-state index contributed by atoms with van der Waals surface area (Å²) in [4.78, 5) is 12.5. The van der Waals surface area contributed by atoms with Gasteiger partial charge in [0.1, 0.15) is 0 Å². The summed E-state index contributed by atoms with van der Waals surface area (Å²) in [6.07, 6.45) is 0. The summed E-state index contributed by atoms with van der Waals surface area (Å²) < 4.78 is 0. The quantitative estimate of drug-likeness (QED) is 0.771. The van der Waals surface area contributed by atoms with E-state index in [0.29, 0.717) is 6.54 Å². The molecule has 0 aromatic heterocycles. The Labute approximate surface area is 89.1 Å². The minimum Gasteiger partial charge on any atom is -0.355 e. The zero-order valence-electron chi connectivity index (χ0n) is 8.49. The Balaban J connectivity index is 2.49. The molecule has 0 saturated heterocycles. The number of carbonyl (C=O) groups is 1. The van der Waals surface area contributed by atoms with Crippen molar-refractivity contribution in [2.75, 3.05) is 6.54 Å². The topological polar surface area (TPSA) is 29.1 Å². The van der Waals surface area contributed by atoms with E-state index in [2.05, 4.69) is 5.32 Å². The van der Waals surface area contributed by atoms with Crippen LogP contribution in [-0.4, -0.2) is 17.7 Å². The van der Waals surface area contributed by atoms with E-state index < -0.39 is 0 Å². The molecule has 1 aromatic carbocycles. The molecule has 1 amide bonds. The molecule has 0 aliphatic heterocycles. The smallest absolute Gasteiger partial charge is 0.233 e. The van der Waals surface area contributed by atoms with Gasteiger partial charge in [0.15, 0.2) is 0 Å². The van der Waals surface area contributed by atoms with Gasteiger partial charge in [0.05, 0.1) is 5.25 Å². The number of carbonyl (C=O) groups excluding carboxylic acids is 1. The predicted molar refractivity (Wildman–Crippen MR) is 60.4 cm³/mol. The highest BCUT2D eigenvalue weighted by molar-refractivity contribution is 8.00. The summed E-state index contributed by atoms with van der Waals surface area (Å²) in [5.41, 5.74) is 0. The fourth-order valence-corrected chi connectivity index (χ4v) is 1.99. The number of hydrogen-bond acceptors (Lipinski definition) is 2. The van der Waals surface area contributed by atoms with Gasteiger partial charge in [-0.1, -0.05) is 18.2 Å². The number of amides is 1. The normalized spacial score (nSPS) is 12.1. The average Bonchev–Trinajstić information content (AvgIpc) is 2.19. The van der Waals surface area contributed by atoms with Gasteiger partial charge < -0.3 is 5.32 Å². The third-order valence-electron chi connectivity index (χ3n) is 1.78. The summed E-state index contributed by atoms with van der Waals surface area (Å²) >= 11 is 1.58. The number of benzene rings is 1. The van der Waals surface area contributed by atoms with Crippen LogP contribution in [-0.2, 0) is 4.79 Å². The van der Waals surface area contributed by atoms with Crippen molar-refractivity contribution in [3.05, 3.63) is 30.3 Å². The largest absolute Gasteiger partial charge is 0.355 e. The molecule has 1 N–H and O–H groups in total. The summed E-state index contributed by atoms with van der Waals surface area (Å²) in [6, 6.07) is 9.96. The van der Waals surface area contributed by atoms with Crippen molar-refractivity contribution in [3.8, 4) is 0 Å². The van der Waals surface area contributed by atoms with Crippen LogP contribution in [0.4, 0.5) is 0 Å². The van der Waals surface area contributed by atoms with Crippen LogP contribution in [0.2, 0.25) is 0 Å². The van der Waals surface area contributed by atoms with E-state index in [4.69, 9.17) is 0 Å². The second-order valence-corrected chi connectivity index (χ2v) is 4.38. The molecule has 2 nitrogen and oxygen atoms in total. The molecule has 1 rings (SSSR count). The first-order valence-electron chi connectivity index (χ1n) is 4.73. The van der Waals surface area contributed by atoms with Crippen LogP contribution < -0.4 is 5.32 Å². The molecule has 0 saturated carbocycles. The van der Waals surface area contributed by atoms with Crippen LogP contribution in [0.5, 0.6) is 0 Å². The predicted octanol–water partition coefficient (Wildman–Crippen LogP) is 2.30. The molecule has 0 heterocycles. The minimum atomic E-state index is -0.0302. The molecule has 0 unspecified atom stereocenters. The van der Waals surface area contributed by atoms with Crippen LogP contribution in [0.15, 0.2) is 35.2 Å². The fraction of sp³-hybridized carbons (Fsp3) is 0.364. The van der Waals surface area contributed by atoms with E-state index in [1.807, 2.05) is 44.2 Å². The Kier molecular flexibility index (Phi) is 4.53. The van der Waals surface area contributed by atoms with Gasteiger partial charge in [-0.15, -0.1) is 11.8 Å². The van der Waals surface area contributed by atoms with Gasteiger partial charge in [-0.05, 0) is 26.0 Å². The lowest BCUT2D eigenvalue weighted by atomic mass is 10.4. The lowest BCUT2D eigenvalue weighted by molar-refractivity contribution is -0.120. The van der Waals surface area contributed by atoms with Crippen molar-refractivity contribution in [1.82, 2.24) is 5.32 Å². The van der Waals surface area contributed by atoms with E-state index >= 15 is 0 Å². The zero-order valence-corrected chi connectivity index (χ0v) is 9.30. The minimum absolute atomic E-state index is 0.0302. The Morgan fingerprint density at radius 1 is 1.43 bits per heavy atom. The molecule has 0 aliphatic carbocycles. The van der Waals surface area contributed by atoms with E-state index in [9.17, 15) is 4.79 Å². The van der Waals surface area contributed by atoms with Crippen molar-refractivity contribution in [2.45, 2.75) is 24.0 Å². The molecule has 0 radical (unpaired) electrons. The first-order chi connectivity index (χ1) is 6.74. The second kappa shape index (κ2) is 5.70. The zero-order chi connectivity index (χ0) is 10.4. The number of rotatable bonds is 4. The lowest BCUT2D eigenvalue weighted by Gasteiger charge is -2.10. The molecular formula is C11H15NOS. The van der Waals surface area contributed by atoms with Crippen molar-refractivity contribution in [1.29, 1.82) is 0 Å². The van der Waals surface area contributed by atoms with Crippen LogP contribution in [0.25, 0.3) is 0 Å². The lowest BCUT2D eigenvalue weighted by Crippen LogP contribution is -2.30. The maximum atomic E-state index is 11.4. The molecule has 1 aromatic rings. The summed E-state index contributed by atoms with van der Waals surface area (Å²) in [5.74, 6) is 0.0985. The van der Waals surface area contributed by atoms with Gasteiger partial charge >= 0.3 is 0 Å². The Hall–Kier alpha value is -0.960. The van der Waals surface area contributed by atoms with Gasteiger partial charge in [0.2, 0.25) is 5.91 Å². The van der Waals surface area contributed by atoms with Gasteiger partial charge in [0, 0.05) is 11.4 Å². The molecule has 76 valence electrons. The average molecular weight is 209 g/mol. The summed E-state index contributed by atoms with van der Waals surface area (Å²) in [5, 5.41) is 2.78. The van der Waals surface area contributed by atoms with Crippen molar-refractivity contribution < 1.29 is 4.79 Å². The highest BCUT2D eigenvalue weighted by Gasteiger charge is 2.12. The summed E-state index contributed by atoms with van der Waals surface area (Å²) in [7, 11) is 0. The van der Waals surface area contributed by atoms with Crippen molar-refractivity contribution in [2.24, 2.45) is 0 Å². The highest BCUT2D eigenvalue weighted by Crippen LogP contribution is 2.22. The van der Waals surface area contributed by atoms with Crippen LogP contribution in [0.3, 0.4) is 0 Å². The van der Waals surface area contributed by atoms with Crippen LogP contribution in [0, 0.1) is 0 Å². The maximum Gasteiger partial charge on any atom is 0.233 e. The highest BCUT2D eigenvalue weighted by atomic mass is 32.2. The first-order valence-corrected chi connectivity index (χ1v) is 5.61. The van der Waals surface area contributed by atoms with Crippen LogP contribution in [0.1, 0.15) is 13.8 Å². The van der Waals surface area contributed by atoms with Crippen molar-refractivity contribution >= 4 is 17.7 Å². The monoisotopic (exact) mass is 209 g/mol. The SMILES string of the molecule is CCNC(=O)[C@@H](C)Sc1ccccc1. The van der Waals surface area contributed by atoms with Gasteiger partial charge in [0.25, 0.3) is 0 Å². The number of hydrogen-bond donors (Lipinski definition) is 1. The first kappa shape index (κ1) is 11.1. The maximum absolute atomic E-state index is 11.4. The molecule has 0 bridgehead atoms. The third-order valence-corrected chi connectivity index (χ3v) is 2.89. The van der Waals surface area contributed by atoms with E-state index in [-0.39, 0.29) is 11.2 Å². The molecule has 1 atom stereocenters. The number of nitrogens with one attached hydrogen (secondary N) is 1. The Bertz CT molecular complexity index is 287. The molecule has 14 heavy (non-hydrogen) atoms. The van der Waals surface area contributed by atoms with Crippen molar-refractivity contribution in [3.63, 3.8) is 0 Å².